The van der Waals surface area contributed by atoms with E-state index in [4.69, 9.17) is 9.57 Å². The Morgan fingerprint density at radius 1 is 1.56 bits per heavy atom. The van der Waals surface area contributed by atoms with Crippen LogP contribution in [-0.4, -0.2) is 55.6 Å². The minimum absolute atomic E-state index is 0.185. The number of hydrogen-bond donors (Lipinski definition) is 0. The Bertz CT molecular complexity index is 252. The van der Waals surface area contributed by atoms with Crippen LogP contribution in [0.1, 0.15) is 13.3 Å². The summed E-state index contributed by atoms with van der Waals surface area (Å²) < 4.78 is 5.48. The van der Waals surface area contributed by atoms with Gasteiger partial charge in [-0.05, 0) is 6.42 Å². The molecular formula is C11H21N2O3+. The van der Waals surface area contributed by atoms with E-state index in [9.17, 15) is 4.79 Å². The summed E-state index contributed by atoms with van der Waals surface area (Å²) in [5.41, 5.74) is 0. The van der Waals surface area contributed by atoms with E-state index in [1.54, 1.807) is 0 Å². The second kappa shape index (κ2) is 5.98. The first kappa shape index (κ1) is 13.2. The molecule has 92 valence electrons. The lowest BCUT2D eigenvalue weighted by Gasteiger charge is -2.40. The van der Waals surface area contributed by atoms with Gasteiger partial charge >= 0.3 is 5.97 Å². The van der Waals surface area contributed by atoms with Crippen LogP contribution in [0.2, 0.25) is 0 Å². The lowest BCUT2D eigenvalue weighted by molar-refractivity contribution is -1.16. The normalized spacial score (nSPS) is 21.1. The molecule has 0 aromatic heterocycles. The fourth-order valence-corrected chi connectivity index (χ4v) is 1.87. The van der Waals surface area contributed by atoms with Crippen LogP contribution in [0.15, 0.2) is 12.7 Å². The largest absolute Gasteiger partial charge is 0.392 e. The fraction of sp³-hybridized carbons (Fsp3) is 0.727. The molecule has 5 heteroatoms. The molecule has 1 aliphatic rings. The Morgan fingerprint density at radius 2 is 2.19 bits per heavy atom. The zero-order valence-corrected chi connectivity index (χ0v) is 10.1. The van der Waals surface area contributed by atoms with Gasteiger partial charge in [-0.25, -0.2) is 4.79 Å². The van der Waals surface area contributed by atoms with Crippen LogP contribution >= 0.6 is 0 Å². The molecule has 1 atom stereocenters. The van der Waals surface area contributed by atoms with Crippen molar-refractivity contribution in [3.05, 3.63) is 12.7 Å². The predicted molar refractivity (Wildman–Crippen MR) is 60.0 cm³/mol. The zero-order chi connectivity index (χ0) is 12.0. The SMILES string of the molecule is C=CC(=O)O[N+](C)(CCC)N1CCOCC1. The first-order valence-electron chi connectivity index (χ1n) is 5.67. The minimum atomic E-state index is -0.387. The molecule has 1 aliphatic heterocycles. The molecule has 0 spiro atoms. The van der Waals surface area contributed by atoms with Crippen molar-refractivity contribution in [1.82, 2.24) is 5.01 Å². The third-order valence-electron chi connectivity index (χ3n) is 2.68. The lowest BCUT2D eigenvalue weighted by atomic mass is 10.4. The molecule has 0 saturated carbocycles. The molecule has 1 rings (SSSR count). The molecule has 0 amide bonds. The number of nitrogens with zero attached hydrogens (tertiary/aromatic N) is 2. The van der Waals surface area contributed by atoms with Crippen LogP contribution in [0, 0.1) is 0 Å². The minimum Gasteiger partial charge on any atom is -0.378 e. The maximum Gasteiger partial charge on any atom is 0.392 e. The van der Waals surface area contributed by atoms with E-state index in [2.05, 4.69) is 18.5 Å². The van der Waals surface area contributed by atoms with Gasteiger partial charge in [0.05, 0.1) is 26.3 Å². The molecule has 1 fully saturated rings. The number of carbonyl (C=O) groups is 1. The Kier molecular flexibility index (Phi) is 4.92. The summed E-state index contributed by atoms with van der Waals surface area (Å²) in [7, 11) is 1.90. The van der Waals surface area contributed by atoms with E-state index in [1.807, 2.05) is 7.05 Å². The smallest absolute Gasteiger partial charge is 0.378 e. The summed E-state index contributed by atoms with van der Waals surface area (Å²) in [4.78, 5) is 16.7. The van der Waals surface area contributed by atoms with E-state index >= 15 is 0 Å². The van der Waals surface area contributed by atoms with Gasteiger partial charge in [0.15, 0.2) is 0 Å². The molecule has 0 N–H and O–H groups in total. The first-order chi connectivity index (χ1) is 7.62. The number of ether oxygens (including phenoxy) is 1. The van der Waals surface area contributed by atoms with Crippen LogP contribution in [0.3, 0.4) is 0 Å². The van der Waals surface area contributed by atoms with Crippen molar-refractivity contribution in [1.29, 1.82) is 0 Å². The maximum atomic E-state index is 11.3. The molecule has 0 aromatic carbocycles. The van der Waals surface area contributed by atoms with Crippen LogP contribution in [0.5, 0.6) is 0 Å². The molecule has 0 aromatic rings. The summed E-state index contributed by atoms with van der Waals surface area (Å²) in [5, 5.41) is 2.11. The summed E-state index contributed by atoms with van der Waals surface area (Å²) >= 11 is 0. The molecule has 0 aliphatic carbocycles. The highest BCUT2D eigenvalue weighted by molar-refractivity contribution is 5.80. The number of carbonyl (C=O) groups excluding carboxylic acids is 1. The molecule has 1 heterocycles. The van der Waals surface area contributed by atoms with Crippen molar-refractivity contribution in [2.45, 2.75) is 13.3 Å². The van der Waals surface area contributed by atoms with E-state index in [0.717, 1.165) is 26.1 Å². The van der Waals surface area contributed by atoms with Crippen molar-refractivity contribution >= 4 is 5.97 Å². The number of hydroxylamine groups is 2. The topological polar surface area (TPSA) is 38.8 Å². The quantitative estimate of drug-likeness (QED) is 0.396. The predicted octanol–water partition coefficient (Wildman–Crippen LogP) is 0.734. The fourth-order valence-electron chi connectivity index (χ4n) is 1.87. The Morgan fingerprint density at radius 3 is 2.69 bits per heavy atom. The van der Waals surface area contributed by atoms with Crippen molar-refractivity contribution < 1.29 is 19.1 Å². The highest BCUT2D eigenvalue weighted by Gasteiger charge is 2.35. The van der Waals surface area contributed by atoms with Crippen LogP contribution in [0.25, 0.3) is 0 Å². The van der Waals surface area contributed by atoms with Gasteiger partial charge in [-0.1, -0.05) is 18.3 Å². The van der Waals surface area contributed by atoms with Crippen LogP contribution < -0.4 is 0 Å². The maximum absolute atomic E-state index is 11.3. The van der Waals surface area contributed by atoms with E-state index < -0.39 is 0 Å². The molecule has 0 radical (unpaired) electrons. The summed E-state index contributed by atoms with van der Waals surface area (Å²) in [6, 6.07) is 0. The van der Waals surface area contributed by atoms with Gasteiger partial charge in [-0.2, -0.15) is 0 Å². The molecule has 1 saturated heterocycles. The summed E-state index contributed by atoms with van der Waals surface area (Å²) in [5.74, 6) is -0.387. The summed E-state index contributed by atoms with van der Waals surface area (Å²) in [6.45, 7) is 9.18. The van der Waals surface area contributed by atoms with E-state index in [-0.39, 0.29) is 10.7 Å². The van der Waals surface area contributed by atoms with E-state index in [1.165, 1.54) is 6.08 Å². The van der Waals surface area contributed by atoms with Gasteiger partial charge in [0.2, 0.25) is 0 Å². The van der Waals surface area contributed by atoms with Crippen molar-refractivity contribution in [2.75, 3.05) is 39.9 Å². The highest BCUT2D eigenvalue weighted by Crippen LogP contribution is 2.14. The first-order valence-corrected chi connectivity index (χ1v) is 5.67. The van der Waals surface area contributed by atoms with Gasteiger partial charge in [-0.15, -0.1) is 5.01 Å². The molecular weight excluding hydrogens is 208 g/mol. The average molecular weight is 229 g/mol. The second-order valence-corrected chi connectivity index (χ2v) is 3.96. The van der Waals surface area contributed by atoms with Gasteiger partial charge in [0.1, 0.15) is 13.6 Å². The Balaban J connectivity index is 2.68. The summed E-state index contributed by atoms with van der Waals surface area (Å²) in [6.07, 6.45) is 2.14. The van der Waals surface area contributed by atoms with Gasteiger partial charge in [0.25, 0.3) is 0 Å². The third-order valence-corrected chi connectivity index (χ3v) is 2.68. The van der Waals surface area contributed by atoms with Crippen molar-refractivity contribution in [3.8, 4) is 0 Å². The number of morpholine rings is 1. The Labute approximate surface area is 96.7 Å². The Hall–Kier alpha value is -0.910. The van der Waals surface area contributed by atoms with Crippen LogP contribution in [-0.2, 0) is 14.4 Å². The number of quaternary nitrogens is 1. The molecule has 5 nitrogen and oxygen atoms in total. The standard InChI is InChI=1S/C11H21N2O3/c1-4-8-13(3,16-11(14)5-2)12-6-9-15-10-7-12/h5H,2,4,6-10H2,1,3H3/q+1. The lowest BCUT2D eigenvalue weighted by Crippen LogP contribution is -2.61. The number of rotatable bonds is 5. The molecule has 0 bridgehead atoms. The molecule has 16 heavy (non-hydrogen) atoms. The monoisotopic (exact) mass is 229 g/mol. The van der Waals surface area contributed by atoms with Crippen molar-refractivity contribution in [3.63, 3.8) is 0 Å². The van der Waals surface area contributed by atoms with Gasteiger partial charge < -0.3 is 4.74 Å². The van der Waals surface area contributed by atoms with Gasteiger partial charge in [0, 0.05) is 6.08 Å². The highest BCUT2D eigenvalue weighted by atomic mass is 16.8. The second-order valence-electron chi connectivity index (χ2n) is 3.96. The number of hydrogen-bond acceptors (Lipinski definition) is 4. The van der Waals surface area contributed by atoms with Gasteiger partial charge in [-0.3, -0.25) is 4.84 Å². The van der Waals surface area contributed by atoms with E-state index in [0.29, 0.717) is 13.2 Å². The average Bonchev–Trinajstić information content (AvgIpc) is 2.30. The van der Waals surface area contributed by atoms with Crippen molar-refractivity contribution in [2.24, 2.45) is 0 Å². The van der Waals surface area contributed by atoms with Crippen LogP contribution in [0.4, 0.5) is 0 Å². The molecule has 1 unspecified atom stereocenters. The zero-order valence-electron chi connectivity index (χ0n) is 10.1. The third kappa shape index (κ3) is 3.30.